The van der Waals surface area contributed by atoms with Crippen molar-refractivity contribution in [1.82, 2.24) is 20.2 Å². The van der Waals surface area contributed by atoms with E-state index < -0.39 is 0 Å². The van der Waals surface area contributed by atoms with Crippen LogP contribution in [0.25, 0.3) is 0 Å². The van der Waals surface area contributed by atoms with Crippen LogP contribution in [0.1, 0.15) is 73.8 Å². The Morgan fingerprint density at radius 2 is 1.70 bits per heavy atom. The largest absolute Gasteiger partial charge is 0.354 e. The van der Waals surface area contributed by atoms with Crippen LogP contribution in [0, 0.1) is 5.92 Å². The number of benzene rings is 1. The molecule has 4 rings (SSSR count). The van der Waals surface area contributed by atoms with E-state index in [1.807, 2.05) is 24.8 Å². The van der Waals surface area contributed by atoms with Gasteiger partial charge in [0.05, 0.1) is 0 Å². The number of amides is 2. The van der Waals surface area contributed by atoms with Gasteiger partial charge in [0, 0.05) is 43.8 Å². The van der Waals surface area contributed by atoms with Crippen LogP contribution in [-0.4, -0.2) is 52.4 Å². The van der Waals surface area contributed by atoms with Crippen molar-refractivity contribution in [3.63, 3.8) is 0 Å². The molecule has 0 unspecified atom stereocenters. The van der Waals surface area contributed by atoms with Crippen LogP contribution < -0.4 is 10.2 Å². The molecule has 0 radical (unpaired) electrons. The topological polar surface area (TPSA) is 78.4 Å². The number of piperidine rings is 1. The van der Waals surface area contributed by atoms with E-state index in [-0.39, 0.29) is 29.7 Å². The van der Waals surface area contributed by atoms with Gasteiger partial charge in [-0.1, -0.05) is 38.1 Å². The molecule has 0 aliphatic carbocycles. The van der Waals surface area contributed by atoms with Crippen LogP contribution in [0.5, 0.6) is 0 Å². The van der Waals surface area contributed by atoms with E-state index in [1.54, 1.807) is 0 Å². The highest BCUT2D eigenvalue weighted by molar-refractivity contribution is 5.93. The van der Waals surface area contributed by atoms with Crippen molar-refractivity contribution in [2.75, 3.05) is 24.5 Å². The second-order valence-corrected chi connectivity index (χ2v) is 9.80. The summed E-state index contributed by atoms with van der Waals surface area (Å²) in [5.41, 5.74) is 3.99. The summed E-state index contributed by atoms with van der Waals surface area (Å²) < 4.78 is 0. The average Bonchev–Trinajstić information content (AvgIpc) is 2.82. The first-order chi connectivity index (χ1) is 15.8. The molecule has 7 heteroatoms. The SMILES string of the molecule is CC(C)NC(=O)C1CCN(C(=O)c2cc(C(C)C)nc(N3CCc4ccccc4C3)n2)CC1. The van der Waals surface area contributed by atoms with Crippen LogP contribution in [-0.2, 0) is 17.8 Å². The Bertz CT molecular complexity index is 1010. The van der Waals surface area contributed by atoms with Crippen LogP contribution in [0.2, 0.25) is 0 Å². The summed E-state index contributed by atoms with van der Waals surface area (Å²) in [6, 6.07) is 10.4. The Balaban J connectivity index is 1.50. The number of carbonyl (C=O) groups excluding carboxylic acids is 2. The van der Waals surface area contributed by atoms with Crippen LogP contribution >= 0.6 is 0 Å². The zero-order valence-corrected chi connectivity index (χ0v) is 20.2. The molecule has 7 nitrogen and oxygen atoms in total. The van der Waals surface area contributed by atoms with Gasteiger partial charge >= 0.3 is 0 Å². The number of hydrogen-bond donors (Lipinski definition) is 1. The molecule has 2 aromatic rings. The number of aromatic nitrogens is 2. The lowest BCUT2D eigenvalue weighted by Gasteiger charge is -2.32. The molecule has 1 saturated heterocycles. The number of anilines is 1. The molecule has 2 aliphatic heterocycles. The van der Waals surface area contributed by atoms with Crippen molar-refractivity contribution in [3.8, 4) is 0 Å². The van der Waals surface area contributed by atoms with Gasteiger partial charge in [-0.05, 0) is 56.2 Å². The lowest BCUT2D eigenvalue weighted by atomic mass is 9.95. The molecule has 3 heterocycles. The van der Waals surface area contributed by atoms with Crippen molar-refractivity contribution in [2.45, 2.75) is 65.5 Å². The van der Waals surface area contributed by atoms with Crippen LogP contribution in [0.3, 0.4) is 0 Å². The van der Waals surface area contributed by atoms with Crippen molar-refractivity contribution < 1.29 is 9.59 Å². The minimum Gasteiger partial charge on any atom is -0.354 e. The fourth-order valence-electron chi connectivity index (χ4n) is 4.58. The second-order valence-electron chi connectivity index (χ2n) is 9.80. The number of nitrogens with zero attached hydrogens (tertiary/aromatic N) is 4. The minimum atomic E-state index is -0.0688. The second kappa shape index (κ2) is 9.89. The van der Waals surface area contributed by atoms with Gasteiger partial charge in [0.15, 0.2) is 0 Å². The fraction of sp³-hybridized carbons (Fsp3) is 0.538. The molecule has 0 saturated carbocycles. The molecule has 0 bridgehead atoms. The summed E-state index contributed by atoms with van der Waals surface area (Å²) in [4.78, 5) is 39.3. The van der Waals surface area contributed by atoms with Gasteiger partial charge in [-0.25, -0.2) is 9.97 Å². The molecule has 33 heavy (non-hydrogen) atoms. The van der Waals surface area contributed by atoms with E-state index in [1.165, 1.54) is 11.1 Å². The van der Waals surface area contributed by atoms with Crippen molar-refractivity contribution in [1.29, 1.82) is 0 Å². The smallest absolute Gasteiger partial charge is 0.272 e. The molecule has 1 N–H and O–H groups in total. The van der Waals surface area contributed by atoms with Gasteiger partial charge in [0.25, 0.3) is 5.91 Å². The van der Waals surface area contributed by atoms with Gasteiger partial charge < -0.3 is 15.1 Å². The summed E-state index contributed by atoms with van der Waals surface area (Å²) in [5.74, 6) is 0.817. The zero-order chi connectivity index (χ0) is 23.5. The quantitative estimate of drug-likeness (QED) is 0.755. The van der Waals surface area contributed by atoms with Gasteiger partial charge in [0.2, 0.25) is 11.9 Å². The Morgan fingerprint density at radius 3 is 2.36 bits per heavy atom. The van der Waals surface area contributed by atoms with Crippen LogP contribution in [0.15, 0.2) is 30.3 Å². The van der Waals surface area contributed by atoms with E-state index in [0.29, 0.717) is 37.6 Å². The third-order valence-electron chi connectivity index (χ3n) is 6.54. The number of hydrogen-bond acceptors (Lipinski definition) is 5. The highest BCUT2D eigenvalue weighted by atomic mass is 16.2. The lowest BCUT2D eigenvalue weighted by Crippen LogP contribution is -2.44. The number of nitrogens with one attached hydrogen (secondary N) is 1. The fourth-order valence-corrected chi connectivity index (χ4v) is 4.58. The van der Waals surface area contributed by atoms with E-state index >= 15 is 0 Å². The van der Waals surface area contributed by atoms with Crippen LogP contribution in [0.4, 0.5) is 5.95 Å². The third kappa shape index (κ3) is 5.34. The summed E-state index contributed by atoms with van der Waals surface area (Å²) >= 11 is 0. The Hall–Kier alpha value is -2.96. The molecule has 1 aromatic heterocycles. The maximum absolute atomic E-state index is 13.4. The number of fused-ring (bicyclic) bond motifs is 1. The summed E-state index contributed by atoms with van der Waals surface area (Å²) in [6.45, 7) is 10.8. The normalized spacial score (nSPS) is 16.8. The first-order valence-electron chi connectivity index (χ1n) is 12.1. The van der Waals surface area contributed by atoms with Crippen molar-refractivity contribution >= 4 is 17.8 Å². The molecule has 176 valence electrons. The number of likely N-dealkylation sites (tertiary alicyclic amines) is 1. The zero-order valence-electron chi connectivity index (χ0n) is 20.2. The Kier molecular flexibility index (Phi) is 6.96. The number of rotatable bonds is 5. The van der Waals surface area contributed by atoms with Gasteiger partial charge in [0.1, 0.15) is 5.69 Å². The molecule has 0 spiro atoms. The molecular formula is C26H35N5O2. The van der Waals surface area contributed by atoms with Gasteiger partial charge in [-0.15, -0.1) is 0 Å². The average molecular weight is 450 g/mol. The molecule has 2 aliphatic rings. The molecule has 2 amide bonds. The van der Waals surface area contributed by atoms with Gasteiger partial charge in [-0.2, -0.15) is 0 Å². The van der Waals surface area contributed by atoms with Crippen molar-refractivity contribution in [3.05, 3.63) is 52.8 Å². The molecule has 1 fully saturated rings. The Labute approximate surface area is 196 Å². The Morgan fingerprint density at radius 1 is 1.00 bits per heavy atom. The summed E-state index contributed by atoms with van der Waals surface area (Å²) in [5, 5.41) is 2.99. The van der Waals surface area contributed by atoms with Crippen molar-refractivity contribution in [2.24, 2.45) is 5.92 Å². The predicted octanol–water partition coefficient (Wildman–Crippen LogP) is 3.54. The first kappa shape index (κ1) is 23.2. The predicted molar refractivity (Wildman–Crippen MR) is 129 cm³/mol. The van der Waals surface area contributed by atoms with E-state index in [2.05, 4.69) is 48.3 Å². The molecular weight excluding hydrogens is 414 g/mol. The summed E-state index contributed by atoms with van der Waals surface area (Å²) in [6.07, 6.45) is 2.31. The van der Waals surface area contributed by atoms with Gasteiger partial charge in [-0.3, -0.25) is 9.59 Å². The highest BCUT2D eigenvalue weighted by Gasteiger charge is 2.29. The molecule has 0 atom stereocenters. The monoisotopic (exact) mass is 449 g/mol. The third-order valence-corrected chi connectivity index (χ3v) is 6.54. The number of carbonyl (C=O) groups is 2. The van der Waals surface area contributed by atoms with E-state index in [9.17, 15) is 9.59 Å². The lowest BCUT2D eigenvalue weighted by molar-refractivity contribution is -0.126. The molecule has 1 aromatic carbocycles. The maximum Gasteiger partial charge on any atom is 0.272 e. The standard InChI is InChI=1S/C26H35N5O2/c1-17(2)22-15-23(25(33)30-12-10-20(11-13-30)24(32)27-18(3)4)29-26(28-22)31-14-9-19-7-5-6-8-21(19)16-31/h5-8,15,17-18,20H,9-14,16H2,1-4H3,(H,27,32). The van der Waals surface area contributed by atoms with E-state index in [0.717, 1.165) is 25.2 Å². The minimum absolute atomic E-state index is 0.0305. The maximum atomic E-state index is 13.4. The highest BCUT2D eigenvalue weighted by Crippen LogP contribution is 2.25. The van der Waals surface area contributed by atoms with E-state index in [4.69, 9.17) is 9.97 Å². The summed E-state index contributed by atoms with van der Waals surface area (Å²) in [7, 11) is 0. The first-order valence-corrected chi connectivity index (χ1v) is 12.1.